The molecule has 0 amide bonds. The van der Waals surface area contributed by atoms with E-state index in [1.165, 1.54) is 6.40 Å². The fourth-order valence-corrected chi connectivity index (χ4v) is 2.02. The summed E-state index contributed by atoms with van der Waals surface area (Å²) in [5, 5.41) is 0. The largest absolute Gasteiger partial charge is 0.473 e. The smallest absolute Gasteiger partial charge is 0.335 e. The van der Waals surface area contributed by atoms with Crippen molar-refractivity contribution < 1.29 is 19.0 Å². The Balaban J connectivity index is 2.16. The quantitative estimate of drug-likeness (QED) is 0.761. The molecular weight excluding hydrogens is 246 g/mol. The zero-order chi connectivity index (χ0) is 13.7. The van der Waals surface area contributed by atoms with Crippen LogP contribution in [0.25, 0.3) is 0 Å². The van der Waals surface area contributed by atoms with E-state index in [9.17, 15) is 4.79 Å². The number of rotatable bonds is 5. The molecule has 0 fully saturated rings. The fraction of sp³-hybridized carbons (Fsp3) is 0.429. The van der Waals surface area contributed by atoms with Gasteiger partial charge in [0.25, 0.3) is 0 Å². The van der Waals surface area contributed by atoms with Gasteiger partial charge in [0.1, 0.15) is 0 Å². The van der Waals surface area contributed by atoms with E-state index in [2.05, 4.69) is 4.99 Å². The lowest BCUT2D eigenvalue weighted by atomic mass is 10.0. The Morgan fingerprint density at radius 2 is 2.32 bits per heavy atom. The van der Waals surface area contributed by atoms with Crippen molar-refractivity contribution in [1.82, 2.24) is 0 Å². The Hall–Kier alpha value is -1.88. The summed E-state index contributed by atoms with van der Waals surface area (Å²) in [6.45, 7) is 2.62. The van der Waals surface area contributed by atoms with Crippen molar-refractivity contribution in [3.05, 3.63) is 35.4 Å². The van der Waals surface area contributed by atoms with Gasteiger partial charge in [0.15, 0.2) is 18.5 Å². The summed E-state index contributed by atoms with van der Waals surface area (Å²) in [6.07, 6.45) is 0.894. The van der Waals surface area contributed by atoms with E-state index in [0.29, 0.717) is 13.2 Å². The van der Waals surface area contributed by atoms with Crippen molar-refractivity contribution in [2.75, 3.05) is 13.7 Å². The molecule has 2 unspecified atom stereocenters. The van der Waals surface area contributed by atoms with Crippen LogP contribution in [-0.2, 0) is 25.6 Å². The molecule has 5 heteroatoms. The Morgan fingerprint density at radius 1 is 1.47 bits per heavy atom. The summed E-state index contributed by atoms with van der Waals surface area (Å²) < 4.78 is 15.5. The van der Waals surface area contributed by atoms with Crippen LogP contribution < -0.4 is 0 Å². The van der Waals surface area contributed by atoms with Gasteiger partial charge in [-0.1, -0.05) is 18.2 Å². The topological polar surface area (TPSA) is 57.1 Å². The maximum atomic E-state index is 11.8. The first-order valence-electron chi connectivity index (χ1n) is 6.17. The highest BCUT2D eigenvalue weighted by atomic mass is 16.5. The number of hydrogen-bond acceptors (Lipinski definition) is 5. The molecule has 1 aromatic rings. The van der Waals surface area contributed by atoms with Gasteiger partial charge in [-0.25, -0.2) is 9.79 Å². The normalized spacial score (nSPS) is 21.2. The van der Waals surface area contributed by atoms with Crippen LogP contribution in [0.4, 0.5) is 0 Å². The number of esters is 1. The summed E-state index contributed by atoms with van der Waals surface area (Å²) in [6, 6.07) is 7.10. The van der Waals surface area contributed by atoms with Crippen molar-refractivity contribution >= 4 is 12.4 Å². The maximum absolute atomic E-state index is 11.8. The summed E-state index contributed by atoms with van der Waals surface area (Å²) >= 11 is 0. The number of carbonyl (C=O) groups is 1. The SMILES string of the molecule is CCOC(=O)C1N=COC1c1cccc(COC)c1. The second-order valence-electron chi connectivity index (χ2n) is 4.19. The van der Waals surface area contributed by atoms with Crippen LogP contribution >= 0.6 is 0 Å². The van der Waals surface area contributed by atoms with Gasteiger partial charge < -0.3 is 14.2 Å². The third kappa shape index (κ3) is 3.12. The number of methoxy groups -OCH3 is 1. The van der Waals surface area contributed by atoms with Crippen LogP contribution in [0.3, 0.4) is 0 Å². The van der Waals surface area contributed by atoms with Crippen molar-refractivity contribution in [2.24, 2.45) is 4.99 Å². The molecule has 2 atom stereocenters. The van der Waals surface area contributed by atoms with Crippen LogP contribution in [0.2, 0.25) is 0 Å². The Bertz CT molecular complexity index is 472. The zero-order valence-electron chi connectivity index (χ0n) is 11.0. The first-order chi connectivity index (χ1) is 9.26. The second-order valence-corrected chi connectivity index (χ2v) is 4.19. The highest BCUT2D eigenvalue weighted by Crippen LogP contribution is 2.28. The summed E-state index contributed by atoms with van der Waals surface area (Å²) in [5.74, 6) is -0.363. The fourth-order valence-electron chi connectivity index (χ4n) is 2.02. The molecule has 1 aromatic carbocycles. The van der Waals surface area contributed by atoms with Gasteiger partial charge in [-0.2, -0.15) is 0 Å². The molecule has 19 heavy (non-hydrogen) atoms. The van der Waals surface area contributed by atoms with E-state index in [1.54, 1.807) is 14.0 Å². The average molecular weight is 263 g/mol. The van der Waals surface area contributed by atoms with Crippen LogP contribution in [-0.4, -0.2) is 32.1 Å². The summed E-state index contributed by atoms with van der Waals surface area (Å²) in [5.41, 5.74) is 1.92. The van der Waals surface area contributed by atoms with Gasteiger partial charge in [0, 0.05) is 7.11 Å². The molecule has 0 bridgehead atoms. The third-order valence-electron chi connectivity index (χ3n) is 2.83. The summed E-state index contributed by atoms with van der Waals surface area (Å²) in [7, 11) is 1.64. The van der Waals surface area contributed by atoms with Crippen molar-refractivity contribution in [3.63, 3.8) is 0 Å². The molecule has 0 radical (unpaired) electrons. The Labute approximate surface area is 112 Å². The number of benzene rings is 1. The molecule has 0 saturated carbocycles. The Kier molecular flexibility index (Phi) is 4.52. The molecule has 1 heterocycles. The molecule has 1 aliphatic heterocycles. The summed E-state index contributed by atoms with van der Waals surface area (Å²) in [4.78, 5) is 15.8. The monoisotopic (exact) mass is 263 g/mol. The van der Waals surface area contributed by atoms with Gasteiger partial charge in [0.05, 0.1) is 13.2 Å². The van der Waals surface area contributed by atoms with Crippen LogP contribution in [0.5, 0.6) is 0 Å². The molecule has 5 nitrogen and oxygen atoms in total. The lowest BCUT2D eigenvalue weighted by molar-refractivity contribution is -0.146. The molecule has 0 saturated heterocycles. The molecule has 0 aromatic heterocycles. The number of hydrogen-bond donors (Lipinski definition) is 0. The van der Waals surface area contributed by atoms with Gasteiger partial charge in [-0.05, 0) is 24.1 Å². The highest BCUT2D eigenvalue weighted by Gasteiger charge is 2.35. The molecular formula is C14H17NO4. The van der Waals surface area contributed by atoms with Crippen molar-refractivity contribution in [3.8, 4) is 0 Å². The average Bonchev–Trinajstić information content (AvgIpc) is 2.89. The van der Waals surface area contributed by atoms with Gasteiger partial charge in [0.2, 0.25) is 0 Å². The first kappa shape index (κ1) is 13.5. The lowest BCUT2D eigenvalue weighted by Crippen LogP contribution is -2.26. The number of carbonyl (C=O) groups excluding carboxylic acids is 1. The standard InChI is InChI=1S/C14H17NO4/c1-3-18-14(16)12-13(19-9-15-12)11-6-4-5-10(7-11)8-17-2/h4-7,9,12-13H,3,8H2,1-2H3. The minimum atomic E-state index is -0.627. The molecule has 102 valence electrons. The van der Waals surface area contributed by atoms with Crippen LogP contribution in [0.15, 0.2) is 29.3 Å². The van der Waals surface area contributed by atoms with E-state index in [-0.39, 0.29) is 5.97 Å². The zero-order valence-corrected chi connectivity index (χ0v) is 11.0. The molecule has 2 rings (SSSR count). The third-order valence-corrected chi connectivity index (χ3v) is 2.83. The molecule has 0 aliphatic carbocycles. The maximum Gasteiger partial charge on any atom is 0.335 e. The molecule has 1 aliphatic rings. The van der Waals surface area contributed by atoms with E-state index >= 15 is 0 Å². The van der Waals surface area contributed by atoms with E-state index < -0.39 is 12.1 Å². The first-order valence-corrected chi connectivity index (χ1v) is 6.17. The van der Waals surface area contributed by atoms with Crippen molar-refractivity contribution in [2.45, 2.75) is 25.7 Å². The van der Waals surface area contributed by atoms with E-state index in [4.69, 9.17) is 14.2 Å². The lowest BCUT2D eigenvalue weighted by Gasteiger charge is -2.17. The minimum Gasteiger partial charge on any atom is -0.473 e. The second kappa shape index (κ2) is 6.33. The highest BCUT2D eigenvalue weighted by molar-refractivity contribution is 5.80. The number of ether oxygens (including phenoxy) is 3. The van der Waals surface area contributed by atoms with E-state index in [1.807, 2.05) is 24.3 Å². The van der Waals surface area contributed by atoms with Gasteiger partial charge >= 0.3 is 5.97 Å². The molecule has 0 spiro atoms. The van der Waals surface area contributed by atoms with E-state index in [0.717, 1.165) is 11.1 Å². The van der Waals surface area contributed by atoms with Crippen molar-refractivity contribution in [1.29, 1.82) is 0 Å². The van der Waals surface area contributed by atoms with Crippen LogP contribution in [0.1, 0.15) is 24.2 Å². The number of aliphatic imine (C=N–C) groups is 1. The minimum absolute atomic E-state index is 0.335. The van der Waals surface area contributed by atoms with Crippen LogP contribution in [0, 0.1) is 0 Å². The van der Waals surface area contributed by atoms with Gasteiger partial charge in [-0.15, -0.1) is 0 Å². The predicted octanol–water partition coefficient (Wildman–Crippen LogP) is 1.86. The molecule has 0 N–H and O–H groups in total. The van der Waals surface area contributed by atoms with Gasteiger partial charge in [-0.3, -0.25) is 0 Å². The predicted molar refractivity (Wildman–Crippen MR) is 69.9 cm³/mol. The Morgan fingerprint density at radius 3 is 3.05 bits per heavy atom. The number of nitrogens with zero attached hydrogens (tertiary/aromatic N) is 1.